The normalized spacial score (nSPS) is 53.6. The third-order valence-electron chi connectivity index (χ3n) is 14.9. The molecule has 8 rings (SSSR count). The zero-order valence-electron chi connectivity index (χ0n) is 28.5. The van der Waals surface area contributed by atoms with Gasteiger partial charge in [0.2, 0.25) is 5.79 Å². The summed E-state index contributed by atoms with van der Waals surface area (Å²) >= 11 is 0. The number of piperidine rings is 2. The summed E-state index contributed by atoms with van der Waals surface area (Å²) in [5.41, 5.74) is -9.44. The molecule has 7 unspecified atom stereocenters. The van der Waals surface area contributed by atoms with Crippen molar-refractivity contribution in [3.05, 3.63) is 23.8 Å². The molecule has 48 heavy (non-hydrogen) atoms. The summed E-state index contributed by atoms with van der Waals surface area (Å²) in [6.07, 6.45) is 0.172. The van der Waals surface area contributed by atoms with E-state index in [1.807, 2.05) is 6.92 Å². The Morgan fingerprint density at radius 3 is 2.31 bits per heavy atom. The van der Waals surface area contributed by atoms with Crippen molar-refractivity contribution in [1.29, 1.82) is 0 Å². The highest BCUT2D eigenvalue weighted by Crippen LogP contribution is 2.78. The number of carbonyl (C=O) groups excluding carboxylic acids is 1. The van der Waals surface area contributed by atoms with Crippen LogP contribution in [0.4, 0.5) is 0 Å². The van der Waals surface area contributed by atoms with E-state index in [4.69, 9.17) is 18.9 Å². The molecule has 266 valence electrons. The Morgan fingerprint density at radius 2 is 1.60 bits per heavy atom. The van der Waals surface area contributed by atoms with Crippen LogP contribution in [0.15, 0.2) is 18.2 Å². The standard InChI is InChI=1S/C36H51NO11/c1-19-6-11-26-31(3,40)35(43)25(17-37(26)16-19)33(42)18-34-24(32(33,41)15-27(35)38)10-9-23-30(34,2)13-12-28(36(23,44)48-34)47-29(39)20-7-8-21(45-4)22(14-20)46-5/h7-8,14,19,23-28,38,40-44H,6,9-13,15-18H2,1-5H3/t19?,23?,24?,25?,26?,27?,28?,30-,31+,32+,33+,34+,35-,36-/m0/s1. The smallest absolute Gasteiger partial charge is 0.338 e. The summed E-state index contributed by atoms with van der Waals surface area (Å²) in [6.45, 7) is 6.57. The van der Waals surface area contributed by atoms with Gasteiger partial charge < -0.3 is 49.6 Å². The van der Waals surface area contributed by atoms with Crippen molar-refractivity contribution >= 4 is 5.97 Å². The predicted molar refractivity (Wildman–Crippen MR) is 169 cm³/mol. The van der Waals surface area contributed by atoms with E-state index in [0.717, 1.165) is 6.42 Å². The van der Waals surface area contributed by atoms with Crippen molar-refractivity contribution in [1.82, 2.24) is 4.90 Å². The Kier molecular flexibility index (Phi) is 6.94. The molecule has 1 spiro atoms. The number of aliphatic hydroxyl groups is 6. The number of ether oxygens (including phenoxy) is 4. The van der Waals surface area contributed by atoms with Gasteiger partial charge in [-0.15, -0.1) is 0 Å². The molecule has 4 saturated carbocycles. The van der Waals surface area contributed by atoms with Gasteiger partial charge in [0, 0.05) is 55.1 Å². The molecule has 0 radical (unpaired) electrons. The van der Waals surface area contributed by atoms with Gasteiger partial charge >= 0.3 is 5.97 Å². The van der Waals surface area contributed by atoms with Crippen LogP contribution >= 0.6 is 0 Å². The molecule has 14 atom stereocenters. The summed E-state index contributed by atoms with van der Waals surface area (Å²) in [5, 5.41) is 74.7. The number of esters is 1. The van der Waals surface area contributed by atoms with Crippen LogP contribution in [0.5, 0.6) is 11.5 Å². The zero-order valence-corrected chi connectivity index (χ0v) is 28.5. The van der Waals surface area contributed by atoms with E-state index < -0.39 is 81.2 Å². The van der Waals surface area contributed by atoms with E-state index in [1.54, 1.807) is 19.1 Å². The fourth-order valence-corrected chi connectivity index (χ4v) is 12.6. The minimum Gasteiger partial charge on any atom is -0.493 e. The number of aliphatic hydroxyl groups excluding tert-OH is 1. The first-order chi connectivity index (χ1) is 22.5. The number of hydrogen-bond acceptors (Lipinski definition) is 12. The van der Waals surface area contributed by atoms with Crippen LogP contribution in [0.2, 0.25) is 0 Å². The maximum Gasteiger partial charge on any atom is 0.338 e. The number of methoxy groups -OCH3 is 2. The first-order valence-electron chi connectivity index (χ1n) is 17.6. The molecule has 12 nitrogen and oxygen atoms in total. The first-order valence-corrected chi connectivity index (χ1v) is 17.6. The topological polar surface area (TPSA) is 179 Å². The SMILES string of the molecule is COc1ccc(C(=O)OC2CC[C@@]3(C)C4CCC5[C@]6(O)CC(O)[C@@]7(O)C(CN8CC(C)CCC8[C@@]7(C)O)[C@]6(O)C[C@@]53O[C@]24O)cc1OC. The summed E-state index contributed by atoms with van der Waals surface area (Å²) < 4.78 is 23.5. The summed E-state index contributed by atoms with van der Waals surface area (Å²) in [4.78, 5) is 15.6. The fraction of sp³-hybridized carbons (Fsp3) is 0.806. The van der Waals surface area contributed by atoms with Gasteiger partial charge in [0.1, 0.15) is 22.4 Å². The van der Waals surface area contributed by atoms with Crippen LogP contribution in [-0.4, -0.2) is 121 Å². The Bertz CT molecular complexity index is 1520. The van der Waals surface area contributed by atoms with Crippen molar-refractivity contribution in [3.8, 4) is 11.5 Å². The highest BCUT2D eigenvalue weighted by Gasteiger charge is 2.88. The van der Waals surface area contributed by atoms with Gasteiger partial charge in [-0.1, -0.05) is 13.8 Å². The van der Waals surface area contributed by atoms with Gasteiger partial charge in [0.05, 0.1) is 31.5 Å². The predicted octanol–water partition coefficient (Wildman–Crippen LogP) is 1.36. The van der Waals surface area contributed by atoms with Crippen molar-refractivity contribution in [2.75, 3.05) is 27.3 Å². The lowest BCUT2D eigenvalue weighted by Gasteiger charge is -2.68. The summed E-state index contributed by atoms with van der Waals surface area (Å²) in [5.74, 6) is -3.63. The van der Waals surface area contributed by atoms with Crippen LogP contribution in [0.3, 0.4) is 0 Å². The molecular weight excluding hydrogens is 622 g/mol. The highest BCUT2D eigenvalue weighted by molar-refractivity contribution is 5.90. The Hall–Kier alpha value is -2.03. The molecule has 12 heteroatoms. The third kappa shape index (κ3) is 3.66. The molecule has 3 heterocycles. The second-order valence-corrected chi connectivity index (χ2v) is 16.8. The summed E-state index contributed by atoms with van der Waals surface area (Å²) in [7, 11) is 2.97. The minimum atomic E-state index is -2.10. The molecule has 7 fully saturated rings. The number of benzene rings is 1. The van der Waals surface area contributed by atoms with E-state index >= 15 is 0 Å². The molecule has 6 N–H and O–H groups in total. The van der Waals surface area contributed by atoms with Gasteiger partial charge in [-0.25, -0.2) is 4.79 Å². The molecule has 0 amide bonds. The lowest BCUT2D eigenvalue weighted by molar-refractivity contribution is -0.354. The Labute approximate surface area is 280 Å². The lowest BCUT2D eigenvalue weighted by Crippen LogP contribution is -2.85. The molecular formula is C36H51NO11. The quantitative estimate of drug-likeness (QED) is 0.253. The van der Waals surface area contributed by atoms with Crippen molar-refractivity contribution in [3.63, 3.8) is 0 Å². The Morgan fingerprint density at radius 1 is 0.896 bits per heavy atom. The van der Waals surface area contributed by atoms with Crippen LogP contribution in [-0.2, 0) is 9.47 Å². The van der Waals surface area contributed by atoms with Gasteiger partial charge in [0.15, 0.2) is 17.6 Å². The number of fused-ring (bicyclic) bond motifs is 5. The molecule has 4 aliphatic carbocycles. The van der Waals surface area contributed by atoms with Crippen LogP contribution in [0, 0.1) is 29.1 Å². The number of hydrogen-bond donors (Lipinski definition) is 6. The largest absolute Gasteiger partial charge is 0.493 e. The van der Waals surface area contributed by atoms with Crippen molar-refractivity contribution in [2.24, 2.45) is 29.1 Å². The number of nitrogens with zero attached hydrogens (tertiary/aromatic N) is 1. The van der Waals surface area contributed by atoms with Crippen LogP contribution < -0.4 is 9.47 Å². The first kappa shape index (κ1) is 33.1. The maximum absolute atomic E-state index is 13.5. The molecule has 7 aliphatic rings. The van der Waals surface area contributed by atoms with Crippen molar-refractivity contribution < 1.29 is 54.4 Å². The van der Waals surface area contributed by atoms with Crippen molar-refractivity contribution in [2.45, 2.75) is 124 Å². The second kappa shape index (κ2) is 10.1. The fourth-order valence-electron chi connectivity index (χ4n) is 12.6. The van der Waals surface area contributed by atoms with E-state index in [0.29, 0.717) is 56.1 Å². The van der Waals surface area contributed by atoms with E-state index in [1.165, 1.54) is 20.3 Å². The monoisotopic (exact) mass is 673 g/mol. The molecule has 1 aromatic carbocycles. The van der Waals surface area contributed by atoms with Gasteiger partial charge in [-0.2, -0.15) is 0 Å². The average molecular weight is 674 g/mol. The average Bonchev–Trinajstić information content (AvgIpc) is 3.21. The molecule has 3 aliphatic heterocycles. The van der Waals surface area contributed by atoms with Gasteiger partial charge in [-0.05, 0) is 69.6 Å². The zero-order chi connectivity index (χ0) is 34.4. The van der Waals surface area contributed by atoms with Crippen LogP contribution in [0.25, 0.3) is 0 Å². The molecule has 1 aromatic rings. The highest BCUT2D eigenvalue weighted by atomic mass is 16.7. The lowest BCUT2D eigenvalue weighted by atomic mass is 9.49. The third-order valence-corrected chi connectivity index (χ3v) is 14.9. The minimum absolute atomic E-state index is 0.101. The second-order valence-electron chi connectivity index (χ2n) is 16.8. The maximum atomic E-state index is 13.5. The molecule has 4 bridgehead atoms. The van der Waals surface area contributed by atoms with E-state index in [2.05, 4.69) is 11.8 Å². The van der Waals surface area contributed by atoms with E-state index in [-0.39, 0.29) is 24.9 Å². The number of carbonyl (C=O) groups is 1. The molecule has 3 saturated heterocycles. The number of rotatable bonds is 4. The van der Waals surface area contributed by atoms with E-state index in [9.17, 15) is 35.4 Å². The summed E-state index contributed by atoms with van der Waals surface area (Å²) in [6, 6.07) is 4.28. The van der Waals surface area contributed by atoms with Gasteiger partial charge in [-0.3, -0.25) is 4.90 Å². The Balaban J connectivity index is 1.16. The van der Waals surface area contributed by atoms with Crippen LogP contribution in [0.1, 0.15) is 82.5 Å². The molecule has 0 aromatic heterocycles. The van der Waals surface area contributed by atoms with Gasteiger partial charge in [0.25, 0.3) is 0 Å².